The van der Waals surface area contributed by atoms with Crippen LogP contribution in [0.4, 0.5) is 5.69 Å². The van der Waals surface area contributed by atoms with Gasteiger partial charge in [0.25, 0.3) is 0 Å². The molecule has 0 heterocycles. The first-order valence-electron chi connectivity index (χ1n) is 8.45. The molecule has 25 heavy (non-hydrogen) atoms. The van der Waals surface area contributed by atoms with Crippen LogP contribution in [0, 0.1) is 11.8 Å². The highest BCUT2D eigenvalue weighted by Gasteiger charge is 2.36. The summed E-state index contributed by atoms with van der Waals surface area (Å²) in [5.74, 6) is -2.24. The van der Waals surface area contributed by atoms with E-state index in [9.17, 15) is 14.7 Å². The minimum atomic E-state index is -0.907. The second kappa shape index (κ2) is 7.79. The van der Waals surface area contributed by atoms with Crippen LogP contribution >= 0.6 is 0 Å². The van der Waals surface area contributed by atoms with Crippen LogP contribution in [-0.4, -0.2) is 17.0 Å². The molecule has 4 nitrogen and oxygen atoms in total. The van der Waals surface area contributed by atoms with Crippen LogP contribution < -0.4 is 4.90 Å². The van der Waals surface area contributed by atoms with Gasteiger partial charge in [0.1, 0.15) is 0 Å². The Kier molecular flexibility index (Phi) is 5.29. The Bertz CT molecular complexity index is 755. The molecule has 1 amide bonds. The first-order valence-corrected chi connectivity index (χ1v) is 8.45. The minimum Gasteiger partial charge on any atom is -0.481 e. The maximum Gasteiger partial charge on any atom is 0.307 e. The smallest absolute Gasteiger partial charge is 0.307 e. The van der Waals surface area contributed by atoms with Gasteiger partial charge < -0.3 is 10.0 Å². The van der Waals surface area contributed by atoms with Crippen molar-refractivity contribution < 1.29 is 14.7 Å². The van der Waals surface area contributed by atoms with Crippen molar-refractivity contribution in [2.24, 2.45) is 11.8 Å². The Morgan fingerprint density at radius 2 is 1.44 bits per heavy atom. The highest BCUT2D eigenvalue weighted by Crippen LogP contribution is 2.30. The number of amides is 1. The summed E-state index contributed by atoms with van der Waals surface area (Å²) >= 11 is 0. The lowest BCUT2D eigenvalue weighted by Gasteiger charge is -2.31. The third-order valence-corrected chi connectivity index (χ3v) is 4.58. The van der Waals surface area contributed by atoms with Gasteiger partial charge in [-0.1, -0.05) is 60.7 Å². The Hall–Kier alpha value is -2.88. The van der Waals surface area contributed by atoms with Crippen LogP contribution in [0.15, 0.2) is 72.8 Å². The molecule has 0 fully saturated rings. The van der Waals surface area contributed by atoms with E-state index < -0.39 is 17.8 Å². The van der Waals surface area contributed by atoms with Crippen molar-refractivity contribution in [3.05, 3.63) is 78.4 Å². The molecule has 3 rings (SSSR count). The maximum absolute atomic E-state index is 13.2. The highest BCUT2D eigenvalue weighted by molar-refractivity contribution is 5.97. The van der Waals surface area contributed by atoms with Gasteiger partial charge in [-0.15, -0.1) is 0 Å². The van der Waals surface area contributed by atoms with Crippen molar-refractivity contribution in [1.29, 1.82) is 0 Å². The summed E-state index contributed by atoms with van der Waals surface area (Å²) in [4.78, 5) is 26.5. The van der Waals surface area contributed by atoms with E-state index >= 15 is 0 Å². The van der Waals surface area contributed by atoms with Gasteiger partial charge >= 0.3 is 5.97 Å². The summed E-state index contributed by atoms with van der Waals surface area (Å²) in [6, 6.07) is 19.2. The molecule has 1 aliphatic carbocycles. The quantitative estimate of drug-likeness (QED) is 0.844. The zero-order chi connectivity index (χ0) is 17.6. The lowest BCUT2D eigenvalue weighted by molar-refractivity contribution is -0.146. The molecule has 2 aromatic carbocycles. The molecule has 0 unspecified atom stereocenters. The number of anilines is 1. The van der Waals surface area contributed by atoms with E-state index in [1.54, 1.807) is 4.90 Å². The summed E-state index contributed by atoms with van der Waals surface area (Å²) in [5.41, 5.74) is 1.80. The number of carboxylic acids is 1. The van der Waals surface area contributed by atoms with Crippen LogP contribution in [0.25, 0.3) is 0 Å². The SMILES string of the molecule is O=C(O)[C@H]1CC=CC[C@@H]1C(=O)N(Cc1ccccc1)c1ccccc1. The topological polar surface area (TPSA) is 57.6 Å². The van der Waals surface area contributed by atoms with Crippen LogP contribution in [0.3, 0.4) is 0 Å². The van der Waals surface area contributed by atoms with Crippen molar-refractivity contribution in [3.8, 4) is 0 Å². The monoisotopic (exact) mass is 335 g/mol. The zero-order valence-corrected chi connectivity index (χ0v) is 13.9. The van der Waals surface area contributed by atoms with E-state index in [4.69, 9.17) is 0 Å². The van der Waals surface area contributed by atoms with E-state index in [0.717, 1.165) is 11.3 Å². The summed E-state index contributed by atoms with van der Waals surface area (Å²) in [7, 11) is 0. The maximum atomic E-state index is 13.2. The standard InChI is InChI=1S/C21H21NO3/c23-20(18-13-7-8-14-19(18)21(24)25)22(17-11-5-2-6-12-17)15-16-9-3-1-4-10-16/h1-12,18-19H,13-15H2,(H,24,25)/t18-,19-/m0/s1. The highest BCUT2D eigenvalue weighted by atomic mass is 16.4. The minimum absolute atomic E-state index is 0.133. The van der Waals surface area contributed by atoms with Gasteiger partial charge in [0, 0.05) is 5.69 Å². The summed E-state index contributed by atoms with van der Waals surface area (Å²) in [6.45, 7) is 0.427. The molecule has 4 heteroatoms. The van der Waals surface area contributed by atoms with Crippen LogP contribution in [-0.2, 0) is 16.1 Å². The first kappa shape index (κ1) is 17.0. The fourth-order valence-electron chi connectivity index (χ4n) is 3.23. The molecule has 0 saturated carbocycles. The Morgan fingerprint density at radius 1 is 0.880 bits per heavy atom. The predicted octanol–water partition coefficient (Wildman–Crippen LogP) is 3.89. The number of rotatable bonds is 5. The number of para-hydroxylation sites is 1. The molecule has 0 aliphatic heterocycles. The van der Waals surface area contributed by atoms with Gasteiger partial charge in [0.2, 0.25) is 5.91 Å². The largest absolute Gasteiger partial charge is 0.481 e. The molecule has 0 bridgehead atoms. The average molecular weight is 335 g/mol. The van der Waals surface area contributed by atoms with Gasteiger partial charge in [0.15, 0.2) is 0 Å². The summed E-state index contributed by atoms with van der Waals surface area (Å²) < 4.78 is 0. The fourth-order valence-corrected chi connectivity index (χ4v) is 3.23. The molecule has 0 saturated heterocycles. The van der Waals surface area contributed by atoms with Gasteiger partial charge in [-0.3, -0.25) is 9.59 Å². The second-order valence-corrected chi connectivity index (χ2v) is 6.24. The second-order valence-electron chi connectivity index (χ2n) is 6.24. The van der Waals surface area contributed by atoms with E-state index in [0.29, 0.717) is 19.4 Å². The predicted molar refractivity (Wildman–Crippen MR) is 97.1 cm³/mol. The number of hydrogen-bond acceptors (Lipinski definition) is 2. The van der Waals surface area contributed by atoms with Crippen molar-refractivity contribution in [2.75, 3.05) is 4.90 Å². The first-order chi connectivity index (χ1) is 12.2. The third-order valence-electron chi connectivity index (χ3n) is 4.58. The number of aliphatic carboxylic acids is 1. The van der Waals surface area contributed by atoms with Gasteiger partial charge in [0.05, 0.1) is 18.4 Å². The molecule has 1 N–H and O–H groups in total. The molecule has 128 valence electrons. The van der Waals surface area contributed by atoms with Crippen LogP contribution in [0.2, 0.25) is 0 Å². The normalized spacial score (nSPS) is 19.4. The van der Waals surface area contributed by atoms with Crippen molar-refractivity contribution in [1.82, 2.24) is 0 Å². The molecular weight excluding hydrogens is 314 g/mol. The van der Waals surface area contributed by atoms with Gasteiger partial charge in [-0.2, -0.15) is 0 Å². The van der Waals surface area contributed by atoms with E-state index in [2.05, 4.69) is 0 Å². The van der Waals surface area contributed by atoms with Gasteiger partial charge in [-0.05, 0) is 30.5 Å². The number of hydrogen-bond donors (Lipinski definition) is 1. The van der Waals surface area contributed by atoms with Crippen molar-refractivity contribution in [3.63, 3.8) is 0 Å². The number of carbonyl (C=O) groups is 2. The number of carbonyl (C=O) groups excluding carboxylic acids is 1. The lowest BCUT2D eigenvalue weighted by Crippen LogP contribution is -2.41. The molecular formula is C21H21NO3. The van der Waals surface area contributed by atoms with E-state index in [1.807, 2.05) is 72.8 Å². The lowest BCUT2D eigenvalue weighted by atomic mass is 9.82. The summed E-state index contributed by atoms with van der Waals surface area (Å²) in [6.07, 6.45) is 4.63. The Morgan fingerprint density at radius 3 is 2.04 bits per heavy atom. The average Bonchev–Trinajstić information content (AvgIpc) is 2.67. The number of nitrogens with zero attached hydrogens (tertiary/aromatic N) is 1. The molecule has 2 aromatic rings. The number of allylic oxidation sites excluding steroid dienone is 2. The van der Waals surface area contributed by atoms with E-state index in [1.165, 1.54) is 0 Å². The van der Waals surface area contributed by atoms with Crippen molar-refractivity contribution >= 4 is 17.6 Å². The molecule has 2 atom stereocenters. The molecule has 0 spiro atoms. The van der Waals surface area contributed by atoms with Gasteiger partial charge in [-0.25, -0.2) is 0 Å². The van der Waals surface area contributed by atoms with Crippen LogP contribution in [0.1, 0.15) is 18.4 Å². The third kappa shape index (κ3) is 3.97. The number of benzene rings is 2. The molecule has 0 aromatic heterocycles. The Labute approximate surface area is 147 Å². The van der Waals surface area contributed by atoms with Crippen LogP contribution in [0.5, 0.6) is 0 Å². The van der Waals surface area contributed by atoms with E-state index in [-0.39, 0.29) is 5.91 Å². The zero-order valence-electron chi connectivity index (χ0n) is 13.9. The Balaban J connectivity index is 1.92. The van der Waals surface area contributed by atoms with Crippen molar-refractivity contribution in [2.45, 2.75) is 19.4 Å². The molecule has 1 aliphatic rings. The number of carboxylic acid groups (broad SMARTS) is 1. The fraction of sp³-hybridized carbons (Fsp3) is 0.238. The molecule has 0 radical (unpaired) electrons. The summed E-state index contributed by atoms with van der Waals surface area (Å²) in [5, 5.41) is 9.50.